The van der Waals surface area contributed by atoms with Crippen LogP contribution >= 0.6 is 11.8 Å². The topological polar surface area (TPSA) is 59.4 Å². The molecule has 1 aromatic rings. The van der Waals surface area contributed by atoms with Crippen molar-refractivity contribution in [2.45, 2.75) is 51.3 Å². The molecule has 2 saturated carbocycles. The second kappa shape index (κ2) is 9.18. The highest BCUT2D eigenvalue weighted by molar-refractivity contribution is 7.99. The zero-order valence-electron chi connectivity index (χ0n) is 17.2. The molecule has 2 aliphatic carbocycles. The Bertz CT molecular complexity index is 663. The summed E-state index contributed by atoms with van der Waals surface area (Å²) in [5.41, 5.74) is 1.27. The van der Waals surface area contributed by atoms with Crippen LogP contribution in [0.3, 0.4) is 0 Å². The Morgan fingerprint density at radius 1 is 1.32 bits per heavy atom. The number of likely N-dealkylation sites (tertiary alicyclic amines) is 1. The molecular weight excluding hydrogens is 372 g/mol. The van der Waals surface area contributed by atoms with Gasteiger partial charge in [-0.2, -0.15) is 16.9 Å². The Labute approximate surface area is 172 Å². The van der Waals surface area contributed by atoms with Crippen LogP contribution in [0.15, 0.2) is 12.3 Å². The van der Waals surface area contributed by atoms with Gasteiger partial charge in [-0.1, -0.05) is 6.92 Å². The Morgan fingerprint density at radius 2 is 2.11 bits per heavy atom. The van der Waals surface area contributed by atoms with E-state index in [1.807, 2.05) is 17.9 Å². The smallest absolute Gasteiger partial charge is 0.230 e. The van der Waals surface area contributed by atoms with E-state index in [9.17, 15) is 4.79 Å². The van der Waals surface area contributed by atoms with Gasteiger partial charge in [-0.3, -0.25) is 14.4 Å². The van der Waals surface area contributed by atoms with Crippen molar-refractivity contribution < 1.29 is 9.53 Å². The summed E-state index contributed by atoms with van der Waals surface area (Å²) in [7, 11) is 2.01. The van der Waals surface area contributed by atoms with E-state index in [1.54, 1.807) is 11.8 Å². The van der Waals surface area contributed by atoms with E-state index in [1.165, 1.54) is 18.5 Å². The Balaban J connectivity index is 1.36. The molecule has 7 heteroatoms. The van der Waals surface area contributed by atoms with Crippen LogP contribution in [0.2, 0.25) is 0 Å². The van der Waals surface area contributed by atoms with Crippen LogP contribution in [0, 0.1) is 17.8 Å². The number of aromatic nitrogens is 2. The molecule has 6 nitrogen and oxygen atoms in total. The van der Waals surface area contributed by atoms with Crippen LogP contribution in [0.4, 0.5) is 0 Å². The maximum atomic E-state index is 12.4. The fourth-order valence-corrected chi connectivity index (χ4v) is 5.22. The Morgan fingerprint density at radius 3 is 2.79 bits per heavy atom. The maximum absolute atomic E-state index is 12.4. The number of carbonyl (C=O) groups is 1. The highest BCUT2D eigenvalue weighted by Crippen LogP contribution is 2.39. The zero-order chi connectivity index (χ0) is 19.5. The Hall–Kier alpha value is -1.05. The summed E-state index contributed by atoms with van der Waals surface area (Å²) in [6.45, 7) is 6.17. The predicted octanol–water partition coefficient (Wildman–Crippen LogP) is 2.29. The summed E-state index contributed by atoms with van der Waals surface area (Å²) >= 11 is 1.69. The molecule has 3 fully saturated rings. The number of aryl methyl sites for hydroxylation is 1. The van der Waals surface area contributed by atoms with Crippen molar-refractivity contribution in [3.8, 4) is 0 Å². The molecule has 156 valence electrons. The minimum atomic E-state index is 0.167. The van der Waals surface area contributed by atoms with Crippen molar-refractivity contribution >= 4 is 17.7 Å². The first-order chi connectivity index (χ1) is 13.6. The largest absolute Gasteiger partial charge is 0.376 e. The molecule has 0 radical (unpaired) electrons. The molecule has 0 bridgehead atoms. The Kier molecular flexibility index (Phi) is 6.63. The molecule has 0 spiro atoms. The van der Waals surface area contributed by atoms with Gasteiger partial charge in [-0.25, -0.2) is 0 Å². The van der Waals surface area contributed by atoms with Crippen molar-refractivity contribution in [1.82, 2.24) is 20.0 Å². The number of carbonyl (C=O) groups excluding carboxylic acids is 1. The van der Waals surface area contributed by atoms with Gasteiger partial charge in [0.15, 0.2) is 0 Å². The molecule has 0 unspecified atom stereocenters. The summed E-state index contributed by atoms with van der Waals surface area (Å²) in [5.74, 6) is 3.79. The van der Waals surface area contributed by atoms with Gasteiger partial charge >= 0.3 is 0 Å². The SMILES string of the molecule is CCSCC(=O)N[C@H]1C[C@H]2CN(Cc3ccnn3C)C[C@H]2C[C@@H]1OCC1CC1. The van der Waals surface area contributed by atoms with Gasteiger partial charge in [0.1, 0.15) is 0 Å². The summed E-state index contributed by atoms with van der Waals surface area (Å²) in [6, 6.07) is 2.28. The van der Waals surface area contributed by atoms with Crippen molar-refractivity contribution in [3.63, 3.8) is 0 Å². The van der Waals surface area contributed by atoms with Gasteiger partial charge in [-0.05, 0) is 55.3 Å². The lowest BCUT2D eigenvalue weighted by Gasteiger charge is -2.38. The van der Waals surface area contributed by atoms with Gasteiger partial charge in [-0.15, -0.1) is 0 Å². The van der Waals surface area contributed by atoms with E-state index < -0.39 is 0 Å². The molecule has 1 amide bonds. The average molecular weight is 407 g/mol. The number of fused-ring (bicyclic) bond motifs is 1. The van der Waals surface area contributed by atoms with Gasteiger partial charge < -0.3 is 10.1 Å². The number of hydrogen-bond donors (Lipinski definition) is 1. The quantitative estimate of drug-likeness (QED) is 0.682. The molecule has 4 rings (SSSR count). The maximum Gasteiger partial charge on any atom is 0.230 e. The molecule has 2 heterocycles. The summed E-state index contributed by atoms with van der Waals surface area (Å²) in [5, 5.41) is 7.61. The molecule has 1 aliphatic heterocycles. The number of thioether (sulfide) groups is 1. The molecule has 1 aromatic heterocycles. The van der Waals surface area contributed by atoms with E-state index in [0.717, 1.165) is 50.8 Å². The summed E-state index contributed by atoms with van der Waals surface area (Å²) < 4.78 is 8.31. The standard InChI is InChI=1S/C21H34N4O2S/c1-3-28-14-21(26)23-19-8-16-10-25(12-18-6-7-22-24(18)2)11-17(16)9-20(19)27-13-15-4-5-15/h6-7,15-17,19-20H,3-5,8-14H2,1-2H3,(H,23,26)/t16-,17+,19-,20-/m0/s1. The minimum Gasteiger partial charge on any atom is -0.376 e. The monoisotopic (exact) mass is 406 g/mol. The van der Waals surface area contributed by atoms with E-state index in [0.29, 0.717) is 17.6 Å². The molecule has 3 aliphatic rings. The van der Waals surface area contributed by atoms with Crippen LogP contribution in [0.25, 0.3) is 0 Å². The summed E-state index contributed by atoms with van der Waals surface area (Å²) in [4.78, 5) is 14.9. The minimum absolute atomic E-state index is 0.167. The fourth-order valence-electron chi connectivity index (χ4n) is 4.75. The number of nitrogens with one attached hydrogen (secondary N) is 1. The molecule has 28 heavy (non-hydrogen) atoms. The van der Waals surface area contributed by atoms with E-state index >= 15 is 0 Å². The molecule has 1 saturated heterocycles. The number of ether oxygens (including phenoxy) is 1. The first kappa shape index (κ1) is 20.2. The van der Waals surface area contributed by atoms with Crippen LogP contribution in [0.5, 0.6) is 0 Å². The molecule has 4 atom stereocenters. The molecule has 0 aromatic carbocycles. The van der Waals surface area contributed by atoms with Crippen LogP contribution < -0.4 is 5.32 Å². The molecule has 1 N–H and O–H groups in total. The zero-order valence-corrected chi connectivity index (χ0v) is 18.0. The van der Waals surface area contributed by atoms with Gasteiger partial charge in [0, 0.05) is 39.5 Å². The third-order valence-electron chi connectivity index (χ3n) is 6.53. The van der Waals surface area contributed by atoms with Crippen LogP contribution in [0.1, 0.15) is 38.3 Å². The lowest BCUT2D eigenvalue weighted by atomic mass is 9.77. The third-order valence-corrected chi connectivity index (χ3v) is 7.40. The first-order valence-corrected chi connectivity index (χ1v) is 12.0. The number of amides is 1. The lowest BCUT2D eigenvalue weighted by molar-refractivity contribution is -0.121. The second-order valence-corrected chi connectivity index (χ2v) is 10.0. The van der Waals surface area contributed by atoms with Gasteiger partial charge in [0.25, 0.3) is 0 Å². The van der Waals surface area contributed by atoms with Crippen LogP contribution in [-0.2, 0) is 23.1 Å². The fraction of sp³-hybridized carbons (Fsp3) is 0.810. The number of nitrogens with zero attached hydrogens (tertiary/aromatic N) is 3. The van der Waals surface area contributed by atoms with E-state index in [2.05, 4.69) is 28.3 Å². The normalized spacial score (nSPS) is 30.4. The average Bonchev–Trinajstić information content (AvgIpc) is 3.30. The van der Waals surface area contributed by atoms with Gasteiger partial charge in [0.2, 0.25) is 5.91 Å². The predicted molar refractivity (Wildman–Crippen MR) is 112 cm³/mol. The number of hydrogen-bond acceptors (Lipinski definition) is 5. The molecular formula is C21H34N4O2S. The highest BCUT2D eigenvalue weighted by Gasteiger charge is 2.43. The third kappa shape index (κ3) is 5.10. The second-order valence-electron chi connectivity index (χ2n) is 8.76. The van der Waals surface area contributed by atoms with Crippen molar-refractivity contribution in [2.75, 3.05) is 31.2 Å². The van der Waals surface area contributed by atoms with E-state index in [4.69, 9.17) is 4.74 Å². The van der Waals surface area contributed by atoms with Crippen LogP contribution in [-0.4, -0.2) is 63.9 Å². The van der Waals surface area contributed by atoms with E-state index in [-0.39, 0.29) is 18.1 Å². The highest BCUT2D eigenvalue weighted by atomic mass is 32.2. The van der Waals surface area contributed by atoms with Crippen molar-refractivity contribution in [1.29, 1.82) is 0 Å². The van der Waals surface area contributed by atoms with Crippen molar-refractivity contribution in [3.05, 3.63) is 18.0 Å². The summed E-state index contributed by atoms with van der Waals surface area (Å²) in [6.07, 6.45) is 6.78. The van der Waals surface area contributed by atoms with Gasteiger partial charge in [0.05, 0.1) is 23.6 Å². The van der Waals surface area contributed by atoms with Crippen molar-refractivity contribution in [2.24, 2.45) is 24.8 Å². The number of rotatable bonds is 9. The lowest BCUT2D eigenvalue weighted by Crippen LogP contribution is -2.51. The first-order valence-electron chi connectivity index (χ1n) is 10.8.